The van der Waals surface area contributed by atoms with E-state index in [2.05, 4.69) is 0 Å². The maximum absolute atomic E-state index is 13.0. The molecule has 4 heteroatoms. The van der Waals surface area contributed by atoms with E-state index in [9.17, 15) is 13.6 Å². The Morgan fingerprint density at radius 3 is 2.62 bits per heavy atom. The molecule has 1 aromatic rings. The van der Waals surface area contributed by atoms with Crippen LogP contribution in [0.1, 0.15) is 18.4 Å². The van der Waals surface area contributed by atoms with Crippen molar-refractivity contribution in [3.8, 4) is 0 Å². The molecule has 1 atom stereocenters. The Bertz CT molecular complexity index is 338. The molecule has 0 radical (unpaired) electrons. The first kappa shape index (κ1) is 10.1. The molecule has 1 rings (SSSR count). The Morgan fingerprint density at radius 1 is 1.46 bits per heavy atom. The number of benzene rings is 1. The van der Waals surface area contributed by atoms with Crippen molar-refractivity contribution in [1.82, 2.24) is 0 Å². The van der Waals surface area contributed by atoms with Gasteiger partial charge < -0.3 is 0 Å². The summed E-state index contributed by atoms with van der Waals surface area (Å²) in [5, 5.41) is -0.704. The van der Waals surface area contributed by atoms with Gasteiger partial charge in [0.15, 0.2) is 11.6 Å². The second-order valence-electron chi connectivity index (χ2n) is 2.67. The van der Waals surface area contributed by atoms with Gasteiger partial charge in [0.1, 0.15) is 0 Å². The summed E-state index contributed by atoms with van der Waals surface area (Å²) in [6, 6.07) is 3.66. The van der Waals surface area contributed by atoms with Gasteiger partial charge in [0.25, 0.3) is 0 Å². The molecule has 70 valence electrons. The maximum atomic E-state index is 13.0. The zero-order chi connectivity index (χ0) is 10.0. The van der Waals surface area contributed by atoms with Gasteiger partial charge in [-0.3, -0.25) is 4.79 Å². The topological polar surface area (TPSA) is 17.1 Å². The predicted octanol–water partition coefficient (Wildman–Crippen LogP) is 2.83. The summed E-state index contributed by atoms with van der Waals surface area (Å²) in [6.45, 7) is 1.42. The minimum absolute atomic E-state index is 0.0139. The van der Waals surface area contributed by atoms with Gasteiger partial charge in [-0.05, 0) is 17.7 Å². The summed E-state index contributed by atoms with van der Waals surface area (Å²) in [6.07, 6.45) is 0. The number of carbonyl (C=O) groups is 1. The Morgan fingerprint density at radius 2 is 2.08 bits per heavy atom. The molecule has 1 aromatic carbocycles. The lowest BCUT2D eigenvalue weighted by Crippen LogP contribution is -2.05. The molecule has 0 saturated heterocycles. The molecular weight excluding hydrogens is 198 g/mol. The van der Waals surface area contributed by atoms with Gasteiger partial charge in [0.05, 0.1) is 5.92 Å². The molecule has 0 fully saturated rings. The minimum atomic E-state index is -1.01. The summed E-state index contributed by atoms with van der Waals surface area (Å²) in [4.78, 5) is 10.7. The van der Waals surface area contributed by atoms with Crippen LogP contribution in [-0.4, -0.2) is 5.24 Å². The van der Waals surface area contributed by atoms with E-state index in [0.717, 1.165) is 6.07 Å². The highest BCUT2D eigenvalue weighted by Gasteiger charge is 2.18. The van der Waals surface area contributed by atoms with E-state index < -0.39 is 22.8 Å². The van der Waals surface area contributed by atoms with Crippen LogP contribution in [0.5, 0.6) is 0 Å². The lowest BCUT2D eigenvalue weighted by Gasteiger charge is -2.07. The number of carbonyl (C=O) groups excluding carboxylic acids is 1. The molecule has 0 aliphatic rings. The third-order valence-corrected chi connectivity index (χ3v) is 2.12. The summed E-state index contributed by atoms with van der Waals surface area (Å²) < 4.78 is 25.7. The van der Waals surface area contributed by atoms with Crippen LogP contribution >= 0.6 is 11.6 Å². The third kappa shape index (κ3) is 2.04. The van der Waals surface area contributed by atoms with Crippen LogP contribution < -0.4 is 0 Å². The molecule has 0 bridgehead atoms. The largest absolute Gasteiger partial charge is 0.281 e. The zero-order valence-electron chi connectivity index (χ0n) is 6.85. The quantitative estimate of drug-likeness (QED) is 0.677. The molecule has 1 nitrogen and oxygen atoms in total. The van der Waals surface area contributed by atoms with Crippen molar-refractivity contribution in [1.29, 1.82) is 0 Å². The van der Waals surface area contributed by atoms with Gasteiger partial charge in [-0.25, -0.2) is 8.78 Å². The number of halogens is 3. The fraction of sp³-hybridized carbons (Fsp3) is 0.222. The highest BCUT2D eigenvalue weighted by atomic mass is 35.5. The van der Waals surface area contributed by atoms with Gasteiger partial charge in [0.2, 0.25) is 5.24 Å². The van der Waals surface area contributed by atoms with Crippen LogP contribution in [0.15, 0.2) is 18.2 Å². The van der Waals surface area contributed by atoms with Gasteiger partial charge in [-0.2, -0.15) is 0 Å². The molecule has 1 unspecified atom stereocenters. The molecule has 0 aliphatic carbocycles. The van der Waals surface area contributed by atoms with Crippen LogP contribution in [0.25, 0.3) is 0 Å². The van der Waals surface area contributed by atoms with Crippen molar-refractivity contribution in [2.24, 2.45) is 0 Å². The van der Waals surface area contributed by atoms with E-state index in [1.165, 1.54) is 19.1 Å². The molecular formula is C9H7ClF2O. The fourth-order valence-electron chi connectivity index (χ4n) is 0.977. The molecule has 13 heavy (non-hydrogen) atoms. The standard InChI is InChI=1S/C9H7ClF2O/c1-5(9(10)13)6-3-2-4-7(11)8(6)12/h2-5H,1H3. The maximum Gasteiger partial charge on any atom is 0.228 e. The van der Waals surface area contributed by atoms with Gasteiger partial charge in [-0.1, -0.05) is 19.1 Å². The van der Waals surface area contributed by atoms with Crippen LogP contribution in [0.4, 0.5) is 8.78 Å². The SMILES string of the molecule is CC(C(=O)Cl)c1cccc(F)c1F. The van der Waals surface area contributed by atoms with E-state index in [4.69, 9.17) is 11.6 Å². The molecule has 0 aromatic heterocycles. The molecule has 0 saturated carbocycles. The second-order valence-corrected chi connectivity index (χ2v) is 3.04. The Balaban J connectivity index is 3.15. The Labute approximate surface area is 79.3 Å². The molecule has 0 N–H and O–H groups in total. The minimum Gasteiger partial charge on any atom is -0.281 e. The lowest BCUT2D eigenvalue weighted by atomic mass is 10.0. The van der Waals surface area contributed by atoms with Crippen molar-refractivity contribution in [2.45, 2.75) is 12.8 Å². The smallest absolute Gasteiger partial charge is 0.228 e. The highest BCUT2D eigenvalue weighted by molar-refractivity contribution is 6.64. The van der Waals surface area contributed by atoms with E-state index >= 15 is 0 Å². The van der Waals surface area contributed by atoms with Crippen LogP contribution in [0.2, 0.25) is 0 Å². The first-order chi connectivity index (χ1) is 6.04. The average molecular weight is 205 g/mol. The van der Waals surface area contributed by atoms with Gasteiger partial charge in [-0.15, -0.1) is 0 Å². The average Bonchev–Trinajstić information content (AvgIpc) is 2.08. The number of hydrogen-bond acceptors (Lipinski definition) is 1. The summed E-state index contributed by atoms with van der Waals surface area (Å²) >= 11 is 5.16. The van der Waals surface area contributed by atoms with E-state index in [1.54, 1.807) is 0 Å². The van der Waals surface area contributed by atoms with Crippen LogP contribution in [-0.2, 0) is 4.79 Å². The summed E-state index contributed by atoms with van der Waals surface area (Å²) in [5.74, 6) is -2.80. The van der Waals surface area contributed by atoms with Crippen molar-refractivity contribution < 1.29 is 13.6 Å². The molecule has 0 aliphatic heterocycles. The highest BCUT2D eigenvalue weighted by Crippen LogP contribution is 2.22. The van der Waals surface area contributed by atoms with Crippen molar-refractivity contribution >= 4 is 16.8 Å². The third-order valence-electron chi connectivity index (χ3n) is 1.79. The van der Waals surface area contributed by atoms with Crippen molar-refractivity contribution in [2.75, 3.05) is 0 Å². The van der Waals surface area contributed by atoms with Crippen molar-refractivity contribution in [3.63, 3.8) is 0 Å². The normalized spacial score (nSPS) is 12.6. The first-order valence-electron chi connectivity index (χ1n) is 3.67. The molecule has 0 heterocycles. The molecule has 0 spiro atoms. The predicted molar refractivity (Wildman–Crippen MR) is 45.6 cm³/mol. The monoisotopic (exact) mass is 204 g/mol. The fourth-order valence-corrected chi connectivity index (χ4v) is 1.09. The Kier molecular flexibility index (Phi) is 2.98. The number of rotatable bonds is 2. The van der Waals surface area contributed by atoms with Crippen LogP contribution in [0, 0.1) is 11.6 Å². The Hall–Kier alpha value is -0.960. The lowest BCUT2D eigenvalue weighted by molar-refractivity contribution is -0.112. The number of hydrogen-bond donors (Lipinski definition) is 0. The van der Waals surface area contributed by atoms with E-state index in [0.29, 0.717) is 0 Å². The van der Waals surface area contributed by atoms with Crippen molar-refractivity contribution in [3.05, 3.63) is 35.4 Å². The van der Waals surface area contributed by atoms with Gasteiger partial charge in [0, 0.05) is 5.56 Å². The first-order valence-corrected chi connectivity index (χ1v) is 4.05. The second kappa shape index (κ2) is 3.83. The van der Waals surface area contributed by atoms with E-state index in [-0.39, 0.29) is 5.56 Å². The van der Waals surface area contributed by atoms with Crippen LogP contribution in [0.3, 0.4) is 0 Å². The summed E-state index contributed by atoms with van der Waals surface area (Å²) in [7, 11) is 0. The van der Waals surface area contributed by atoms with Gasteiger partial charge >= 0.3 is 0 Å². The molecule has 0 amide bonds. The summed E-state index contributed by atoms with van der Waals surface area (Å²) in [5.41, 5.74) is -0.0139. The zero-order valence-corrected chi connectivity index (χ0v) is 7.61. The van der Waals surface area contributed by atoms with E-state index in [1.807, 2.05) is 0 Å².